The molecule has 1 saturated carbocycles. The molecule has 2 atom stereocenters. The predicted molar refractivity (Wildman–Crippen MR) is 91.1 cm³/mol. The highest BCUT2D eigenvalue weighted by Gasteiger charge is 2.39. The number of urea groups is 1. The lowest BCUT2D eigenvalue weighted by molar-refractivity contribution is 0.0954. The maximum atomic E-state index is 12.3. The van der Waals surface area contributed by atoms with Crippen LogP contribution in [0.4, 0.5) is 9.80 Å². The highest BCUT2D eigenvalue weighted by molar-refractivity contribution is 7.18. The minimum atomic E-state index is -0.822. The maximum Gasteiger partial charge on any atom is 0.317 e. The molecule has 7 nitrogen and oxygen atoms in total. The molecule has 0 saturated heterocycles. The van der Waals surface area contributed by atoms with Crippen molar-refractivity contribution in [2.24, 2.45) is 11.5 Å². The Morgan fingerprint density at radius 2 is 1.83 bits per heavy atom. The fraction of sp³-hybridized carbons (Fsp3) is 0.188. The number of rotatable bonds is 5. The van der Waals surface area contributed by atoms with Crippen molar-refractivity contribution in [3.63, 3.8) is 0 Å². The Bertz CT molecular complexity index is 803. The third-order valence-corrected chi connectivity index (χ3v) is 4.84. The average molecular weight is 344 g/mol. The van der Waals surface area contributed by atoms with Crippen molar-refractivity contribution < 1.29 is 14.4 Å². The van der Waals surface area contributed by atoms with Crippen LogP contribution in [0.2, 0.25) is 0 Å². The number of amides is 4. The number of nitrogens with one attached hydrogen (secondary N) is 2. The first kappa shape index (κ1) is 16.0. The molecular weight excluding hydrogens is 328 g/mol. The molecule has 1 fully saturated rings. The minimum Gasteiger partial charge on any atom is -0.366 e. The second-order valence-electron chi connectivity index (χ2n) is 5.54. The number of benzene rings is 1. The van der Waals surface area contributed by atoms with E-state index in [1.165, 1.54) is 11.6 Å². The number of carbonyl (C=O) groups is 3. The fourth-order valence-corrected chi connectivity index (χ4v) is 3.52. The normalized spacial score (nSPS) is 18.7. The monoisotopic (exact) mass is 344 g/mol. The molecule has 6 N–H and O–H groups in total. The van der Waals surface area contributed by atoms with Crippen molar-refractivity contribution in [1.29, 1.82) is 0 Å². The molecule has 2 aromatic rings. The summed E-state index contributed by atoms with van der Waals surface area (Å²) in [6.07, 6.45) is 0.871. The smallest absolute Gasteiger partial charge is 0.317 e. The van der Waals surface area contributed by atoms with Gasteiger partial charge in [-0.3, -0.25) is 14.9 Å². The number of nitrogens with two attached hydrogens (primary N) is 2. The molecule has 24 heavy (non-hydrogen) atoms. The number of hydrogen-bond acceptors (Lipinski definition) is 4. The van der Waals surface area contributed by atoms with Crippen LogP contribution in [0.1, 0.15) is 37.9 Å². The van der Waals surface area contributed by atoms with Crippen LogP contribution in [0.25, 0.3) is 0 Å². The van der Waals surface area contributed by atoms with Gasteiger partial charge in [0.2, 0.25) is 0 Å². The van der Waals surface area contributed by atoms with E-state index in [9.17, 15) is 14.4 Å². The van der Waals surface area contributed by atoms with Crippen LogP contribution in [-0.4, -0.2) is 23.9 Å². The number of carbonyl (C=O) groups excluding carboxylic acids is 3. The molecule has 124 valence electrons. The van der Waals surface area contributed by atoms with E-state index in [1.54, 1.807) is 0 Å². The summed E-state index contributed by atoms with van der Waals surface area (Å²) in [6, 6.07) is 10.5. The zero-order valence-corrected chi connectivity index (χ0v) is 13.4. The van der Waals surface area contributed by atoms with Gasteiger partial charge in [0.05, 0.1) is 10.4 Å². The van der Waals surface area contributed by atoms with Gasteiger partial charge < -0.3 is 16.8 Å². The first-order valence-corrected chi connectivity index (χ1v) is 8.13. The van der Waals surface area contributed by atoms with Crippen molar-refractivity contribution in [3.8, 4) is 0 Å². The third-order valence-electron chi connectivity index (χ3n) is 3.79. The van der Waals surface area contributed by atoms with E-state index in [0.29, 0.717) is 10.8 Å². The van der Waals surface area contributed by atoms with Crippen LogP contribution >= 0.6 is 11.3 Å². The number of hydrogen-bond donors (Lipinski definition) is 4. The molecule has 1 aromatic carbocycles. The van der Waals surface area contributed by atoms with Crippen LogP contribution in [0.15, 0.2) is 36.4 Å². The number of thiophene rings is 1. The lowest BCUT2D eigenvalue weighted by Crippen LogP contribution is -2.25. The molecule has 3 rings (SSSR count). The van der Waals surface area contributed by atoms with E-state index >= 15 is 0 Å². The number of anilines is 1. The molecule has 1 heterocycles. The van der Waals surface area contributed by atoms with Crippen LogP contribution < -0.4 is 22.1 Å². The molecule has 8 heteroatoms. The van der Waals surface area contributed by atoms with Gasteiger partial charge in [0.15, 0.2) is 0 Å². The summed E-state index contributed by atoms with van der Waals surface area (Å²) >= 11 is 0.966. The summed E-state index contributed by atoms with van der Waals surface area (Å²) in [5.41, 5.74) is 11.6. The van der Waals surface area contributed by atoms with Gasteiger partial charge in [0.1, 0.15) is 5.00 Å². The Morgan fingerprint density at radius 3 is 2.46 bits per heavy atom. The Kier molecular flexibility index (Phi) is 4.22. The predicted octanol–water partition coefficient (Wildman–Crippen LogP) is 1.62. The molecule has 1 aromatic heterocycles. The zero-order valence-electron chi connectivity index (χ0n) is 12.6. The first-order chi connectivity index (χ1) is 11.5. The lowest BCUT2D eigenvalue weighted by Gasteiger charge is -2.03. The lowest BCUT2D eigenvalue weighted by atomic mass is 10.1. The average Bonchev–Trinajstić information content (AvgIpc) is 3.17. The molecular formula is C16H16N4O3S. The van der Waals surface area contributed by atoms with E-state index in [1.807, 2.05) is 30.3 Å². The SMILES string of the molecule is NC(=O)Nc1sc(C(=O)N[C@@H]2C[C@@H]2c2ccccc2)cc1C(N)=O. The Morgan fingerprint density at radius 1 is 1.12 bits per heavy atom. The van der Waals surface area contributed by atoms with Gasteiger partial charge >= 0.3 is 6.03 Å². The second kappa shape index (κ2) is 6.32. The Labute approximate surface area is 142 Å². The highest BCUT2D eigenvalue weighted by atomic mass is 32.1. The Hall–Kier alpha value is -2.87. The largest absolute Gasteiger partial charge is 0.366 e. The highest BCUT2D eigenvalue weighted by Crippen LogP contribution is 2.41. The molecule has 0 unspecified atom stereocenters. The zero-order chi connectivity index (χ0) is 17.3. The van der Waals surface area contributed by atoms with E-state index in [4.69, 9.17) is 11.5 Å². The van der Waals surface area contributed by atoms with Crippen molar-refractivity contribution in [2.45, 2.75) is 18.4 Å². The third kappa shape index (κ3) is 3.38. The van der Waals surface area contributed by atoms with Gasteiger partial charge in [0.25, 0.3) is 11.8 Å². The van der Waals surface area contributed by atoms with Gasteiger partial charge in [-0.2, -0.15) is 0 Å². The van der Waals surface area contributed by atoms with Crippen LogP contribution in [0, 0.1) is 0 Å². The summed E-state index contributed by atoms with van der Waals surface area (Å²) in [4.78, 5) is 35.0. The van der Waals surface area contributed by atoms with Crippen LogP contribution in [0.3, 0.4) is 0 Å². The van der Waals surface area contributed by atoms with Crippen LogP contribution in [-0.2, 0) is 0 Å². The Balaban J connectivity index is 1.70. The molecule has 0 bridgehead atoms. The standard InChI is InChI=1S/C16H16N4O3S/c17-13(21)10-7-12(24-15(10)20-16(18)23)14(22)19-11-6-9(11)8-4-2-1-3-5-8/h1-5,7,9,11H,6H2,(H2,17,21)(H,19,22)(H3,18,20,23)/t9-,11-/m1/s1. The molecule has 1 aliphatic rings. The molecule has 0 spiro atoms. The summed E-state index contributed by atoms with van der Waals surface area (Å²) in [5, 5.41) is 5.41. The van der Waals surface area contributed by atoms with Crippen molar-refractivity contribution in [1.82, 2.24) is 5.32 Å². The molecule has 4 amide bonds. The van der Waals surface area contributed by atoms with Crippen molar-refractivity contribution in [3.05, 3.63) is 52.4 Å². The van der Waals surface area contributed by atoms with Gasteiger partial charge in [-0.1, -0.05) is 30.3 Å². The summed E-state index contributed by atoms with van der Waals surface area (Å²) < 4.78 is 0. The minimum absolute atomic E-state index is 0.0616. The summed E-state index contributed by atoms with van der Waals surface area (Å²) in [5.74, 6) is -0.736. The van der Waals surface area contributed by atoms with Crippen molar-refractivity contribution >= 4 is 34.2 Å². The molecule has 0 aliphatic heterocycles. The van der Waals surface area contributed by atoms with Crippen molar-refractivity contribution in [2.75, 3.05) is 5.32 Å². The van der Waals surface area contributed by atoms with Gasteiger partial charge in [-0.25, -0.2) is 4.79 Å². The quantitative estimate of drug-likeness (QED) is 0.658. The maximum absolute atomic E-state index is 12.3. The molecule has 0 radical (unpaired) electrons. The van der Waals surface area contributed by atoms with Gasteiger partial charge in [-0.15, -0.1) is 11.3 Å². The van der Waals surface area contributed by atoms with E-state index in [0.717, 1.165) is 17.8 Å². The van der Waals surface area contributed by atoms with Crippen LogP contribution in [0.5, 0.6) is 0 Å². The summed E-state index contributed by atoms with van der Waals surface area (Å²) in [6.45, 7) is 0. The second-order valence-corrected chi connectivity index (χ2v) is 6.59. The van der Waals surface area contributed by atoms with E-state index in [-0.39, 0.29) is 22.5 Å². The fourth-order valence-electron chi connectivity index (χ4n) is 2.55. The van der Waals surface area contributed by atoms with E-state index in [2.05, 4.69) is 10.6 Å². The van der Waals surface area contributed by atoms with Gasteiger partial charge in [0, 0.05) is 12.0 Å². The summed E-state index contributed by atoms with van der Waals surface area (Å²) in [7, 11) is 0. The molecule has 1 aliphatic carbocycles. The van der Waals surface area contributed by atoms with E-state index < -0.39 is 11.9 Å². The number of primary amides is 2. The van der Waals surface area contributed by atoms with Gasteiger partial charge in [-0.05, 0) is 18.1 Å². The topological polar surface area (TPSA) is 127 Å². The first-order valence-electron chi connectivity index (χ1n) is 7.31.